The van der Waals surface area contributed by atoms with Crippen LogP contribution in [0.4, 0.5) is 5.69 Å². The van der Waals surface area contributed by atoms with Gasteiger partial charge < -0.3 is 5.73 Å². The lowest BCUT2D eigenvalue weighted by molar-refractivity contribution is 0.156. The van der Waals surface area contributed by atoms with E-state index in [2.05, 4.69) is 31.2 Å². The second kappa shape index (κ2) is 8.22. The molecule has 0 aliphatic heterocycles. The molecule has 0 atom stereocenters. The molecule has 0 bridgehead atoms. The molecule has 2 fully saturated rings. The molecular weight excluding hydrogens is 278 g/mol. The molecule has 1 aromatic rings. The fourth-order valence-electron chi connectivity index (χ4n) is 5.13. The maximum atomic E-state index is 5.82. The summed E-state index contributed by atoms with van der Waals surface area (Å²) in [5, 5.41) is 0. The second-order valence-electron chi connectivity index (χ2n) is 8.20. The maximum Gasteiger partial charge on any atom is 0.0314 e. The number of hydrogen-bond donors (Lipinski definition) is 1. The largest absolute Gasteiger partial charge is 0.399 e. The Kier molecular flexibility index (Phi) is 6.02. The molecule has 1 nitrogen and oxygen atoms in total. The predicted octanol–water partition coefficient (Wildman–Crippen LogP) is 6.54. The van der Waals surface area contributed by atoms with Crippen LogP contribution < -0.4 is 5.73 Å². The van der Waals surface area contributed by atoms with Crippen LogP contribution in [0.3, 0.4) is 0 Å². The van der Waals surface area contributed by atoms with E-state index in [-0.39, 0.29) is 0 Å². The van der Waals surface area contributed by atoms with E-state index >= 15 is 0 Å². The van der Waals surface area contributed by atoms with Crippen molar-refractivity contribution in [3.05, 3.63) is 29.8 Å². The van der Waals surface area contributed by atoms with Gasteiger partial charge in [0.2, 0.25) is 0 Å². The minimum atomic E-state index is 0.785. The van der Waals surface area contributed by atoms with E-state index < -0.39 is 0 Å². The van der Waals surface area contributed by atoms with Gasteiger partial charge in [-0.25, -0.2) is 0 Å². The third-order valence-corrected chi connectivity index (χ3v) is 6.70. The summed E-state index contributed by atoms with van der Waals surface area (Å²) < 4.78 is 0. The van der Waals surface area contributed by atoms with Crippen molar-refractivity contribution < 1.29 is 0 Å². The summed E-state index contributed by atoms with van der Waals surface area (Å²) in [7, 11) is 0. The normalized spacial score (nSPS) is 31.9. The molecule has 0 unspecified atom stereocenters. The summed E-state index contributed by atoms with van der Waals surface area (Å²) in [5.74, 6) is 3.90. The Labute approximate surface area is 143 Å². The fourth-order valence-corrected chi connectivity index (χ4v) is 5.13. The molecule has 0 aromatic heterocycles. The van der Waals surface area contributed by atoms with Crippen molar-refractivity contribution in [1.82, 2.24) is 0 Å². The van der Waals surface area contributed by atoms with Gasteiger partial charge in [-0.2, -0.15) is 0 Å². The average molecular weight is 314 g/mol. The van der Waals surface area contributed by atoms with Crippen LogP contribution in [0.15, 0.2) is 24.3 Å². The molecule has 2 aliphatic carbocycles. The Bertz CT molecular complexity index is 447. The first kappa shape index (κ1) is 16.9. The average Bonchev–Trinajstić information content (AvgIpc) is 2.61. The van der Waals surface area contributed by atoms with E-state index in [1.807, 2.05) is 0 Å². The van der Waals surface area contributed by atoms with Gasteiger partial charge >= 0.3 is 0 Å². The number of nitrogens with two attached hydrogens (primary N) is 1. The number of unbranched alkanes of at least 4 members (excludes halogenated alkanes) is 1. The molecule has 0 saturated heterocycles. The number of rotatable bonds is 5. The number of nitrogen functional groups attached to an aromatic ring is 1. The minimum absolute atomic E-state index is 0.785. The zero-order chi connectivity index (χ0) is 16.1. The number of benzene rings is 1. The lowest BCUT2D eigenvalue weighted by Crippen LogP contribution is -2.25. The number of hydrogen-bond acceptors (Lipinski definition) is 1. The Morgan fingerprint density at radius 3 is 1.96 bits per heavy atom. The highest BCUT2D eigenvalue weighted by atomic mass is 14.5. The standard InChI is InChI=1S/C22H35N/c1-2-3-4-17-5-7-18(8-6-17)19-9-11-20(12-10-19)21-13-15-22(23)16-14-21/h13-20H,2-12,23H2,1H3/t17-,18-,19?,20?. The molecule has 2 N–H and O–H groups in total. The van der Waals surface area contributed by atoms with Crippen LogP contribution in [0.2, 0.25) is 0 Å². The van der Waals surface area contributed by atoms with Crippen molar-refractivity contribution in [1.29, 1.82) is 0 Å². The van der Waals surface area contributed by atoms with Gasteiger partial charge in [0.05, 0.1) is 0 Å². The van der Waals surface area contributed by atoms with Crippen LogP contribution in [-0.2, 0) is 0 Å². The second-order valence-corrected chi connectivity index (χ2v) is 8.20. The Morgan fingerprint density at radius 1 is 0.826 bits per heavy atom. The molecule has 3 rings (SSSR count). The molecule has 0 heterocycles. The van der Waals surface area contributed by atoms with Crippen molar-refractivity contribution in [2.45, 2.75) is 83.5 Å². The van der Waals surface area contributed by atoms with Crippen LogP contribution in [0.25, 0.3) is 0 Å². The van der Waals surface area contributed by atoms with Gasteiger partial charge in [-0.1, -0.05) is 51.2 Å². The van der Waals surface area contributed by atoms with Crippen LogP contribution >= 0.6 is 0 Å². The highest BCUT2D eigenvalue weighted by Gasteiger charge is 2.31. The summed E-state index contributed by atoms with van der Waals surface area (Å²) in [6.45, 7) is 2.32. The molecule has 0 amide bonds. The van der Waals surface area contributed by atoms with E-state index in [4.69, 9.17) is 5.73 Å². The van der Waals surface area contributed by atoms with Gasteiger partial charge in [0.15, 0.2) is 0 Å². The Balaban J connectivity index is 1.43. The van der Waals surface area contributed by atoms with Gasteiger partial charge in [0, 0.05) is 5.69 Å². The Morgan fingerprint density at radius 2 is 1.39 bits per heavy atom. The van der Waals surface area contributed by atoms with Crippen LogP contribution in [0.1, 0.15) is 89.0 Å². The quantitative estimate of drug-likeness (QED) is 0.614. The predicted molar refractivity (Wildman–Crippen MR) is 101 cm³/mol. The zero-order valence-corrected chi connectivity index (χ0v) is 15.0. The first-order valence-electron chi connectivity index (χ1n) is 10.1. The first-order chi connectivity index (χ1) is 11.3. The number of anilines is 1. The molecule has 2 aliphatic rings. The highest BCUT2D eigenvalue weighted by molar-refractivity contribution is 5.40. The molecule has 1 aromatic carbocycles. The highest BCUT2D eigenvalue weighted by Crippen LogP contribution is 2.44. The summed E-state index contributed by atoms with van der Waals surface area (Å²) >= 11 is 0. The van der Waals surface area contributed by atoms with E-state index in [1.165, 1.54) is 76.2 Å². The fraction of sp³-hybridized carbons (Fsp3) is 0.727. The smallest absolute Gasteiger partial charge is 0.0314 e. The van der Waals surface area contributed by atoms with Crippen molar-refractivity contribution in [3.8, 4) is 0 Å². The molecule has 23 heavy (non-hydrogen) atoms. The third-order valence-electron chi connectivity index (χ3n) is 6.70. The summed E-state index contributed by atoms with van der Waals surface area (Å²) in [6.07, 6.45) is 16.1. The van der Waals surface area contributed by atoms with Gasteiger partial charge in [-0.05, 0) is 79.9 Å². The molecule has 0 spiro atoms. The lowest BCUT2D eigenvalue weighted by atomic mass is 9.68. The van der Waals surface area contributed by atoms with Crippen LogP contribution in [0, 0.1) is 17.8 Å². The van der Waals surface area contributed by atoms with Crippen LogP contribution in [0.5, 0.6) is 0 Å². The van der Waals surface area contributed by atoms with Crippen molar-refractivity contribution in [3.63, 3.8) is 0 Å². The lowest BCUT2D eigenvalue weighted by Gasteiger charge is -2.38. The molecule has 128 valence electrons. The van der Waals surface area contributed by atoms with Gasteiger partial charge in [0.1, 0.15) is 0 Å². The molecule has 2 saturated carbocycles. The van der Waals surface area contributed by atoms with Crippen molar-refractivity contribution in [2.75, 3.05) is 5.73 Å². The minimum Gasteiger partial charge on any atom is -0.399 e. The van der Waals surface area contributed by atoms with Gasteiger partial charge in [0.25, 0.3) is 0 Å². The van der Waals surface area contributed by atoms with E-state index in [0.717, 1.165) is 29.4 Å². The maximum absolute atomic E-state index is 5.82. The zero-order valence-electron chi connectivity index (χ0n) is 15.0. The van der Waals surface area contributed by atoms with Gasteiger partial charge in [-0.15, -0.1) is 0 Å². The van der Waals surface area contributed by atoms with E-state index in [9.17, 15) is 0 Å². The topological polar surface area (TPSA) is 26.0 Å². The molecule has 1 heteroatoms. The summed E-state index contributed by atoms with van der Waals surface area (Å²) in [4.78, 5) is 0. The van der Waals surface area contributed by atoms with Crippen molar-refractivity contribution in [2.24, 2.45) is 17.8 Å². The van der Waals surface area contributed by atoms with Crippen molar-refractivity contribution >= 4 is 5.69 Å². The first-order valence-corrected chi connectivity index (χ1v) is 10.1. The third kappa shape index (κ3) is 4.52. The van der Waals surface area contributed by atoms with Gasteiger partial charge in [-0.3, -0.25) is 0 Å². The van der Waals surface area contributed by atoms with E-state index in [0.29, 0.717) is 0 Å². The summed E-state index contributed by atoms with van der Waals surface area (Å²) in [5.41, 5.74) is 8.22. The SMILES string of the molecule is CCCC[C@H]1CC[C@H](C2CCC(c3ccc(N)cc3)CC2)CC1. The monoisotopic (exact) mass is 313 g/mol. The Hall–Kier alpha value is -0.980. The molecular formula is C22H35N. The van der Waals surface area contributed by atoms with E-state index in [1.54, 1.807) is 0 Å². The summed E-state index contributed by atoms with van der Waals surface area (Å²) in [6, 6.07) is 8.64. The molecule has 0 radical (unpaired) electrons. The van der Waals surface area contributed by atoms with Crippen LogP contribution in [-0.4, -0.2) is 0 Å².